The van der Waals surface area contributed by atoms with E-state index in [4.69, 9.17) is 4.74 Å². The van der Waals surface area contributed by atoms with Crippen LogP contribution in [0.3, 0.4) is 0 Å². The van der Waals surface area contributed by atoms with Gasteiger partial charge in [0.2, 0.25) is 10.0 Å². The topological polar surface area (TPSA) is 122 Å². The van der Waals surface area contributed by atoms with E-state index in [0.717, 1.165) is 31.9 Å². The molecule has 2 aliphatic carbocycles. The zero-order valence-electron chi connectivity index (χ0n) is 16.8. The summed E-state index contributed by atoms with van der Waals surface area (Å²) in [6, 6.07) is -0.869. The fraction of sp³-hybridized carbons (Fsp3) is 0.737. The van der Waals surface area contributed by atoms with Crippen molar-refractivity contribution < 1.29 is 27.4 Å². The van der Waals surface area contributed by atoms with Gasteiger partial charge in [0.05, 0.1) is 30.8 Å². The Kier molecular flexibility index (Phi) is 5.71. The monoisotopic (exact) mass is 442 g/mol. The summed E-state index contributed by atoms with van der Waals surface area (Å²) in [6.45, 7) is 0.673. The Morgan fingerprint density at radius 1 is 1.40 bits per heavy atom. The van der Waals surface area contributed by atoms with Crippen LogP contribution in [0.1, 0.15) is 44.3 Å². The first kappa shape index (κ1) is 21.4. The first-order valence-corrected chi connectivity index (χ1v) is 12.1. The molecule has 0 aromatic carbocycles. The maximum atomic E-state index is 13.1. The minimum absolute atomic E-state index is 0.0520. The molecule has 2 saturated carbocycles. The lowest BCUT2D eigenvalue weighted by molar-refractivity contribution is 0.0125. The van der Waals surface area contributed by atoms with Gasteiger partial charge in [-0.2, -0.15) is 0 Å². The van der Waals surface area contributed by atoms with Crippen LogP contribution in [0.25, 0.3) is 0 Å². The molecule has 0 bridgehead atoms. The van der Waals surface area contributed by atoms with E-state index in [2.05, 4.69) is 14.7 Å². The minimum atomic E-state index is -3.42. The molecule has 1 aliphatic heterocycles. The number of nitrogens with one attached hydrogen (secondary N) is 1. The van der Waals surface area contributed by atoms with Crippen LogP contribution in [0.15, 0.2) is 12.4 Å². The third kappa shape index (κ3) is 4.42. The Labute approximate surface area is 175 Å². The summed E-state index contributed by atoms with van der Waals surface area (Å²) in [4.78, 5) is 21.1. The molecule has 5 atom stereocenters. The Balaban J connectivity index is 1.29. The predicted octanol–water partition coefficient (Wildman–Crippen LogP) is 1.50. The van der Waals surface area contributed by atoms with Crippen molar-refractivity contribution in [1.82, 2.24) is 19.6 Å². The van der Waals surface area contributed by atoms with Gasteiger partial charge in [0.25, 0.3) is 0 Å². The quantitative estimate of drug-likeness (QED) is 0.656. The van der Waals surface area contributed by atoms with Crippen LogP contribution in [0.5, 0.6) is 0 Å². The molecule has 1 amide bonds. The summed E-state index contributed by atoms with van der Waals surface area (Å²) in [5.74, 6) is 0.698. The van der Waals surface area contributed by atoms with Crippen molar-refractivity contribution in [2.45, 2.75) is 62.1 Å². The van der Waals surface area contributed by atoms with Gasteiger partial charge in [0.15, 0.2) is 5.82 Å². The van der Waals surface area contributed by atoms with Crippen LogP contribution < -0.4 is 4.72 Å². The standard InChI is InChI=1S/C19H27FN4O5S/c1-30(27,28)23-15-3-6-24(18(25)26)16(15)4-7-29-14-2-5-19(9-12(19)8-14)17-21-10-13(20)11-22-17/h10-12,14-16,23H,2-9H2,1H3,(H,25,26)/t12?,14?,15-,16+,19?/m0/s1. The number of ether oxygens (including phenoxy) is 1. The number of carboxylic acid groups (broad SMARTS) is 1. The Hall–Kier alpha value is -1.85. The normalized spacial score (nSPS) is 33.3. The van der Waals surface area contributed by atoms with E-state index in [-0.39, 0.29) is 11.5 Å². The number of sulfonamides is 1. The molecule has 30 heavy (non-hydrogen) atoms. The van der Waals surface area contributed by atoms with Crippen LogP contribution in [0.4, 0.5) is 9.18 Å². The van der Waals surface area contributed by atoms with Crippen molar-refractivity contribution in [2.75, 3.05) is 19.4 Å². The summed E-state index contributed by atoms with van der Waals surface area (Å²) in [6.07, 6.45) is 7.02. The molecular weight excluding hydrogens is 415 g/mol. The molecule has 9 nitrogen and oxygen atoms in total. The number of halogens is 1. The highest BCUT2D eigenvalue weighted by Crippen LogP contribution is 2.61. The molecule has 0 radical (unpaired) electrons. The highest BCUT2D eigenvalue weighted by molar-refractivity contribution is 7.88. The second-order valence-corrected chi connectivity index (χ2v) is 10.4. The van der Waals surface area contributed by atoms with Crippen molar-refractivity contribution in [3.63, 3.8) is 0 Å². The average Bonchev–Trinajstić information content (AvgIpc) is 3.28. The van der Waals surface area contributed by atoms with Gasteiger partial charge >= 0.3 is 6.09 Å². The number of carbonyl (C=O) groups is 1. The lowest BCUT2D eigenvalue weighted by atomic mass is 9.86. The molecule has 4 rings (SSSR count). The number of fused-ring (bicyclic) bond motifs is 1. The smallest absolute Gasteiger partial charge is 0.407 e. The summed E-state index contributed by atoms with van der Waals surface area (Å²) in [5, 5.41) is 9.41. The first-order valence-electron chi connectivity index (χ1n) is 10.2. The molecule has 3 fully saturated rings. The molecule has 1 aromatic heterocycles. The highest BCUT2D eigenvalue weighted by atomic mass is 32.2. The molecule has 2 heterocycles. The van der Waals surface area contributed by atoms with Crippen molar-refractivity contribution in [2.24, 2.45) is 5.92 Å². The number of likely N-dealkylation sites (tertiary alicyclic amines) is 1. The third-order valence-corrected chi connectivity index (χ3v) is 7.41. The van der Waals surface area contributed by atoms with E-state index in [1.807, 2.05) is 0 Å². The fourth-order valence-electron chi connectivity index (χ4n) is 5.17. The maximum Gasteiger partial charge on any atom is 0.407 e. The summed E-state index contributed by atoms with van der Waals surface area (Å²) in [5.41, 5.74) is -0.0520. The molecule has 3 unspecified atom stereocenters. The van der Waals surface area contributed by atoms with Gasteiger partial charge in [0.1, 0.15) is 5.82 Å². The van der Waals surface area contributed by atoms with E-state index in [1.165, 1.54) is 17.3 Å². The van der Waals surface area contributed by atoms with E-state index in [9.17, 15) is 22.7 Å². The van der Waals surface area contributed by atoms with Gasteiger partial charge in [-0.3, -0.25) is 0 Å². The van der Waals surface area contributed by atoms with Crippen LogP contribution in [-0.4, -0.2) is 72.1 Å². The second-order valence-electron chi connectivity index (χ2n) is 8.67. The fourth-order valence-corrected chi connectivity index (χ4v) is 6.00. The van der Waals surface area contributed by atoms with Crippen molar-refractivity contribution in [3.05, 3.63) is 24.0 Å². The predicted molar refractivity (Wildman–Crippen MR) is 105 cm³/mol. The number of hydrogen-bond donors (Lipinski definition) is 2. The van der Waals surface area contributed by atoms with Crippen LogP contribution in [0.2, 0.25) is 0 Å². The van der Waals surface area contributed by atoms with E-state index in [0.29, 0.717) is 37.7 Å². The molecule has 0 spiro atoms. The van der Waals surface area contributed by atoms with E-state index >= 15 is 0 Å². The first-order chi connectivity index (χ1) is 14.2. The largest absolute Gasteiger partial charge is 0.465 e. The van der Waals surface area contributed by atoms with Gasteiger partial charge in [-0.05, 0) is 44.4 Å². The summed E-state index contributed by atoms with van der Waals surface area (Å²) < 4.78 is 44.9. The lowest BCUT2D eigenvalue weighted by Crippen LogP contribution is -2.46. The molecule has 11 heteroatoms. The summed E-state index contributed by atoms with van der Waals surface area (Å²) in [7, 11) is -3.42. The summed E-state index contributed by atoms with van der Waals surface area (Å²) >= 11 is 0. The minimum Gasteiger partial charge on any atom is -0.465 e. The molecule has 2 N–H and O–H groups in total. The number of rotatable bonds is 7. The molecule has 1 aromatic rings. The zero-order valence-corrected chi connectivity index (χ0v) is 17.6. The Bertz CT molecular complexity index is 899. The van der Waals surface area contributed by atoms with E-state index < -0.39 is 34.0 Å². The van der Waals surface area contributed by atoms with E-state index in [1.54, 1.807) is 0 Å². The van der Waals surface area contributed by atoms with Crippen LogP contribution >= 0.6 is 0 Å². The molecular formula is C19H27FN4O5S. The number of aromatic nitrogens is 2. The number of hydrogen-bond acceptors (Lipinski definition) is 6. The zero-order chi connectivity index (χ0) is 21.5. The number of nitrogens with zero attached hydrogens (tertiary/aromatic N) is 3. The van der Waals surface area contributed by atoms with Gasteiger partial charge in [-0.15, -0.1) is 0 Å². The van der Waals surface area contributed by atoms with Gasteiger partial charge in [-0.25, -0.2) is 32.3 Å². The third-order valence-electron chi connectivity index (χ3n) is 6.68. The maximum absolute atomic E-state index is 13.1. The average molecular weight is 443 g/mol. The van der Waals surface area contributed by atoms with Crippen molar-refractivity contribution in [1.29, 1.82) is 0 Å². The van der Waals surface area contributed by atoms with Crippen molar-refractivity contribution >= 4 is 16.1 Å². The SMILES string of the molecule is CS(=O)(=O)N[C@H]1CCN(C(=O)O)[C@@H]1CCOC1CCC2(c3ncc(F)cn3)CC2C1. The molecule has 1 saturated heterocycles. The van der Waals surface area contributed by atoms with Gasteiger partial charge < -0.3 is 14.7 Å². The highest BCUT2D eigenvalue weighted by Gasteiger charge is 2.59. The van der Waals surface area contributed by atoms with Crippen LogP contribution in [0, 0.1) is 11.7 Å². The van der Waals surface area contributed by atoms with Gasteiger partial charge in [0, 0.05) is 24.6 Å². The molecule has 166 valence electrons. The lowest BCUT2D eigenvalue weighted by Gasteiger charge is -2.29. The van der Waals surface area contributed by atoms with Gasteiger partial charge in [-0.1, -0.05) is 0 Å². The second kappa shape index (κ2) is 8.01. The Morgan fingerprint density at radius 3 is 2.77 bits per heavy atom. The molecule has 3 aliphatic rings. The van der Waals surface area contributed by atoms with Crippen molar-refractivity contribution in [3.8, 4) is 0 Å². The Morgan fingerprint density at radius 2 is 2.13 bits per heavy atom. The number of amides is 1. The van der Waals surface area contributed by atoms with Crippen LogP contribution in [-0.2, 0) is 20.2 Å².